The summed E-state index contributed by atoms with van der Waals surface area (Å²) in [6.07, 6.45) is 0.745. The van der Waals surface area contributed by atoms with Crippen LogP contribution in [0.1, 0.15) is 37.4 Å². The summed E-state index contributed by atoms with van der Waals surface area (Å²) in [5.41, 5.74) is 3.23. The SMILES string of the molecule is COc1cccc(C2=NN3[C@H](C2)c2cc(Cl)ccc2O[C@H]3C(C)C)c1. The number of rotatable bonds is 3. The Morgan fingerprint density at radius 3 is 2.84 bits per heavy atom. The van der Waals surface area contributed by atoms with Crippen LogP contribution in [0.3, 0.4) is 0 Å². The van der Waals surface area contributed by atoms with Crippen LogP contribution in [-0.4, -0.2) is 24.1 Å². The van der Waals surface area contributed by atoms with Crippen LogP contribution in [0.25, 0.3) is 0 Å². The Bertz CT molecular complexity index is 834. The van der Waals surface area contributed by atoms with Crippen molar-refractivity contribution in [1.82, 2.24) is 5.01 Å². The molecule has 0 aromatic heterocycles. The summed E-state index contributed by atoms with van der Waals surface area (Å²) in [5, 5.41) is 7.73. The number of fused-ring (bicyclic) bond motifs is 3. The van der Waals surface area contributed by atoms with E-state index in [1.807, 2.05) is 36.4 Å². The molecule has 2 aliphatic rings. The van der Waals surface area contributed by atoms with Crippen molar-refractivity contribution in [3.63, 3.8) is 0 Å². The van der Waals surface area contributed by atoms with E-state index in [1.165, 1.54) is 0 Å². The Labute approximate surface area is 153 Å². The minimum absolute atomic E-state index is 0.0817. The van der Waals surface area contributed by atoms with Gasteiger partial charge in [0.1, 0.15) is 11.5 Å². The molecule has 0 fully saturated rings. The van der Waals surface area contributed by atoms with E-state index in [0.29, 0.717) is 5.92 Å². The molecule has 0 bridgehead atoms. The van der Waals surface area contributed by atoms with Gasteiger partial charge in [0, 0.05) is 28.5 Å². The van der Waals surface area contributed by atoms with Gasteiger partial charge in [-0.1, -0.05) is 37.6 Å². The molecule has 0 N–H and O–H groups in total. The molecule has 130 valence electrons. The van der Waals surface area contributed by atoms with E-state index in [9.17, 15) is 0 Å². The first-order valence-corrected chi connectivity index (χ1v) is 8.91. The summed E-state index contributed by atoms with van der Waals surface area (Å²) >= 11 is 6.23. The van der Waals surface area contributed by atoms with Gasteiger partial charge in [-0.3, -0.25) is 0 Å². The second kappa shape index (κ2) is 6.26. The molecule has 0 spiro atoms. The van der Waals surface area contributed by atoms with Crippen molar-refractivity contribution in [2.75, 3.05) is 7.11 Å². The number of hydrazone groups is 1. The lowest BCUT2D eigenvalue weighted by atomic mass is 9.95. The average Bonchev–Trinajstić information content (AvgIpc) is 3.06. The highest BCUT2D eigenvalue weighted by Crippen LogP contribution is 2.45. The number of methoxy groups -OCH3 is 1. The molecule has 4 nitrogen and oxygen atoms in total. The number of hydrogen-bond donors (Lipinski definition) is 0. The molecule has 0 unspecified atom stereocenters. The van der Waals surface area contributed by atoms with Crippen LogP contribution in [0.15, 0.2) is 47.6 Å². The number of nitrogens with zero attached hydrogens (tertiary/aromatic N) is 2. The quantitative estimate of drug-likeness (QED) is 0.786. The Balaban J connectivity index is 1.75. The molecule has 4 rings (SSSR count). The van der Waals surface area contributed by atoms with E-state index >= 15 is 0 Å². The van der Waals surface area contributed by atoms with Gasteiger partial charge in [-0.25, -0.2) is 5.01 Å². The molecular formula is C20H21ClN2O2. The van der Waals surface area contributed by atoms with E-state index in [2.05, 4.69) is 24.9 Å². The van der Waals surface area contributed by atoms with E-state index in [1.54, 1.807) is 7.11 Å². The van der Waals surface area contributed by atoms with Crippen LogP contribution in [0.2, 0.25) is 5.02 Å². The highest BCUT2D eigenvalue weighted by molar-refractivity contribution is 6.30. The van der Waals surface area contributed by atoms with Crippen molar-refractivity contribution in [3.05, 3.63) is 58.6 Å². The zero-order valence-corrected chi connectivity index (χ0v) is 15.3. The topological polar surface area (TPSA) is 34.1 Å². The maximum absolute atomic E-state index is 6.23. The van der Waals surface area contributed by atoms with Gasteiger partial charge in [0.2, 0.25) is 0 Å². The highest BCUT2D eigenvalue weighted by atomic mass is 35.5. The van der Waals surface area contributed by atoms with Crippen molar-refractivity contribution in [2.24, 2.45) is 11.0 Å². The Morgan fingerprint density at radius 2 is 2.08 bits per heavy atom. The smallest absolute Gasteiger partial charge is 0.190 e. The van der Waals surface area contributed by atoms with E-state index in [-0.39, 0.29) is 12.3 Å². The maximum Gasteiger partial charge on any atom is 0.190 e. The first-order valence-electron chi connectivity index (χ1n) is 8.53. The molecule has 2 atom stereocenters. The minimum Gasteiger partial charge on any atom is -0.497 e. The van der Waals surface area contributed by atoms with Crippen molar-refractivity contribution < 1.29 is 9.47 Å². The van der Waals surface area contributed by atoms with Crippen LogP contribution < -0.4 is 9.47 Å². The van der Waals surface area contributed by atoms with Crippen LogP contribution in [0.4, 0.5) is 0 Å². The number of ether oxygens (including phenoxy) is 2. The highest BCUT2D eigenvalue weighted by Gasteiger charge is 2.41. The van der Waals surface area contributed by atoms with Crippen molar-refractivity contribution >= 4 is 17.3 Å². The average molecular weight is 357 g/mol. The second-order valence-electron chi connectivity index (χ2n) is 6.81. The normalized spacial score (nSPS) is 21.5. The van der Waals surface area contributed by atoms with Crippen LogP contribution >= 0.6 is 11.6 Å². The van der Waals surface area contributed by atoms with Crippen LogP contribution in [0.5, 0.6) is 11.5 Å². The second-order valence-corrected chi connectivity index (χ2v) is 7.25. The van der Waals surface area contributed by atoms with Gasteiger partial charge >= 0.3 is 0 Å². The van der Waals surface area contributed by atoms with Crippen molar-refractivity contribution in [3.8, 4) is 11.5 Å². The molecule has 2 aromatic rings. The largest absolute Gasteiger partial charge is 0.497 e. The molecule has 2 aromatic carbocycles. The lowest BCUT2D eigenvalue weighted by Crippen LogP contribution is -2.43. The first-order chi connectivity index (χ1) is 12.1. The van der Waals surface area contributed by atoms with Gasteiger partial charge in [0.25, 0.3) is 0 Å². The summed E-state index contributed by atoms with van der Waals surface area (Å²) in [6, 6.07) is 14.0. The Hall–Kier alpha value is -2.20. The van der Waals surface area contributed by atoms with E-state index < -0.39 is 0 Å². The molecule has 0 aliphatic carbocycles. The molecule has 0 saturated carbocycles. The standard InChI is InChI=1S/C20H21ClN2O2/c1-12(2)20-23-18(16-10-14(21)7-8-19(16)25-20)11-17(22-23)13-5-4-6-15(9-13)24-3/h4-10,12,18,20H,11H2,1-3H3/t18-,20+/m1/s1. The Morgan fingerprint density at radius 1 is 1.24 bits per heavy atom. The van der Waals surface area contributed by atoms with E-state index in [4.69, 9.17) is 26.2 Å². The summed E-state index contributed by atoms with van der Waals surface area (Å²) in [7, 11) is 1.68. The van der Waals surface area contributed by atoms with Gasteiger partial charge in [-0.2, -0.15) is 5.10 Å². The van der Waals surface area contributed by atoms with Gasteiger partial charge in [-0.05, 0) is 30.3 Å². The minimum atomic E-state index is -0.0817. The number of halogens is 1. The van der Waals surface area contributed by atoms with Crippen molar-refractivity contribution in [1.29, 1.82) is 0 Å². The van der Waals surface area contributed by atoms with Gasteiger partial charge in [-0.15, -0.1) is 0 Å². The molecular weight excluding hydrogens is 336 g/mol. The molecule has 0 radical (unpaired) electrons. The lowest BCUT2D eigenvalue weighted by molar-refractivity contribution is -0.0461. The predicted octanol–water partition coefficient (Wildman–Crippen LogP) is 4.87. The van der Waals surface area contributed by atoms with Crippen molar-refractivity contribution in [2.45, 2.75) is 32.5 Å². The van der Waals surface area contributed by atoms with Crippen LogP contribution in [-0.2, 0) is 0 Å². The summed E-state index contributed by atoms with van der Waals surface area (Å²) in [6.45, 7) is 4.31. The van der Waals surface area contributed by atoms with Gasteiger partial charge in [0.15, 0.2) is 6.23 Å². The number of benzene rings is 2. The fourth-order valence-electron chi connectivity index (χ4n) is 3.50. The fourth-order valence-corrected chi connectivity index (χ4v) is 3.68. The maximum atomic E-state index is 6.23. The van der Waals surface area contributed by atoms with Gasteiger partial charge in [0.05, 0.1) is 18.9 Å². The predicted molar refractivity (Wildman–Crippen MR) is 99.4 cm³/mol. The molecule has 25 heavy (non-hydrogen) atoms. The third-order valence-corrected chi connectivity index (χ3v) is 4.99. The lowest BCUT2D eigenvalue weighted by Gasteiger charge is -2.40. The summed E-state index contributed by atoms with van der Waals surface area (Å²) in [4.78, 5) is 0. The molecule has 0 amide bonds. The Kier molecular flexibility index (Phi) is 4.08. The first kappa shape index (κ1) is 16.3. The molecule has 2 aliphatic heterocycles. The zero-order valence-electron chi connectivity index (χ0n) is 14.6. The van der Waals surface area contributed by atoms with E-state index in [0.717, 1.165) is 39.8 Å². The third-order valence-electron chi connectivity index (χ3n) is 4.75. The summed E-state index contributed by atoms with van der Waals surface area (Å²) < 4.78 is 11.6. The monoisotopic (exact) mass is 356 g/mol. The molecule has 0 saturated heterocycles. The third kappa shape index (κ3) is 2.85. The fraction of sp³-hybridized carbons (Fsp3) is 0.350. The molecule has 5 heteroatoms. The zero-order chi connectivity index (χ0) is 17.6. The van der Waals surface area contributed by atoms with Gasteiger partial charge < -0.3 is 9.47 Å². The summed E-state index contributed by atoms with van der Waals surface area (Å²) in [5.74, 6) is 2.07. The number of hydrogen-bond acceptors (Lipinski definition) is 4. The van der Waals surface area contributed by atoms with Crippen LogP contribution in [0, 0.1) is 5.92 Å². The molecule has 2 heterocycles.